The highest BCUT2D eigenvalue weighted by Gasteiger charge is 2.66. The molecule has 0 radical (unpaired) electrons. The molecule has 3 aliphatic heterocycles. The molecule has 1 fully saturated rings. The third kappa shape index (κ3) is 6.93. The van der Waals surface area contributed by atoms with Gasteiger partial charge in [-0.1, -0.05) is 116 Å². The molecule has 3 amide bonds. The predicted octanol–water partition coefficient (Wildman–Crippen LogP) is 7.48. The summed E-state index contributed by atoms with van der Waals surface area (Å²) in [5.41, 5.74) is 4.38. The smallest absolute Gasteiger partial charge is 0.264 e. The lowest BCUT2D eigenvalue weighted by Crippen LogP contribution is -2.52. The number of aliphatic hydroxyl groups excluding tert-OH is 1. The number of para-hydroxylation sites is 1. The Kier molecular flexibility index (Phi) is 10.8. The van der Waals surface area contributed by atoms with Gasteiger partial charge in [0, 0.05) is 36.7 Å². The number of ether oxygens (including phenoxy) is 2. The number of benzene rings is 5. The summed E-state index contributed by atoms with van der Waals surface area (Å²) >= 11 is 0. The third-order valence-corrected chi connectivity index (χ3v) is 17.0. The lowest BCUT2D eigenvalue weighted by molar-refractivity contribution is -0.150. The van der Waals surface area contributed by atoms with Crippen molar-refractivity contribution in [2.24, 2.45) is 5.92 Å². The second kappa shape index (κ2) is 16.0. The quantitative estimate of drug-likeness (QED) is 0.132. The maximum absolute atomic E-state index is 15.5. The molecule has 10 heteroatoms. The molecule has 0 unspecified atom stereocenters. The van der Waals surface area contributed by atoms with Crippen molar-refractivity contribution in [2.75, 3.05) is 30.1 Å². The number of aliphatic hydroxyl groups is 1. The molecule has 3 aliphatic rings. The van der Waals surface area contributed by atoms with Crippen molar-refractivity contribution in [1.29, 1.82) is 0 Å². The highest BCUT2D eigenvalue weighted by atomic mass is 28.3. The van der Waals surface area contributed by atoms with Gasteiger partial charge in [-0.3, -0.25) is 19.3 Å². The Labute approximate surface area is 341 Å². The van der Waals surface area contributed by atoms with Crippen LogP contribution in [0, 0.1) is 5.92 Å². The van der Waals surface area contributed by atoms with Gasteiger partial charge in [-0.25, -0.2) is 0 Å². The van der Waals surface area contributed by atoms with Gasteiger partial charge in [-0.05, 0) is 65.1 Å². The molecule has 0 saturated carbocycles. The van der Waals surface area contributed by atoms with E-state index in [9.17, 15) is 14.7 Å². The van der Waals surface area contributed by atoms with Gasteiger partial charge in [0.25, 0.3) is 5.91 Å². The van der Waals surface area contributed by atoms with Gasteiger partial charge in [0.1, 0.15) is 5.75 Å². The van der Waals surface area contributed by atoms with E-state index in [1.165, 1.54) is 0 Å². The second-order valence-corrected chi connectivity index (χ2v) is 21.0. The van der Waals surface area contributed by atoms with Crippen LogP contribution in [0.25, 0.3) is 0 Å². The molecule has 5 aromatic rings. The zero-order valence-corrected chi connectivity index (χ0v) is 34.6. The number of methoxy groups -OCH3 is 1. The van der Waals surface area contributed by atoms with Crippen molar-refractivity contribution in [3.63, 3.8) is 0 Å². The predicted molar refractivity (Wildman–Crippen MR) is 229 cm³/mol. The minimum absolute atomic E-state index is 0.00431. The molecule has 5 aromatic carbocycles. The summed E-state index contributed by atoms with van der Waals surface area (Å²) in [6.45, 7) is 7.39. The fourth-order valence-corrected chi connectivity index (χ4v) is 13.8. The van der Waals surface area contributed by atoms with E-state index in [-0.39, 0.29) is 48.8 Å². The van der Waals surface area contributed by atoms with Gasteiger partial charge in [-0.15, -0.1) is 0 Å². The summed E-state index contributed by atoms with van der Waals surface area (Å²) in [5, 5.41) is 11.3. The van der Waals surface area contributed by atoms with Gasteiger partial charge < -0.3 is 24.4 Å². The van der Waals surface area contributed by atoms with Crippen LogP contribution >= 0.6 is 0 Å². The molecule has 0 aliphatic carbocycles. The number of hydrogen-bond donors (Lipinski definition) is 1. The first-order valence-corrected chi connectivity index (χ1v) is 23.3. The summed E-state index contributed by atoms with van der Waals surface area (Å²) in [4.78, 5) is 49.1. The Morgan fingerprint density at radius 2 is 1.53 bits per heavy atom. The molecule has 58 heavy (non-hydrogen) atoms. The van der Waals surface area contributed by atoms with E-state index < -0.39 is 19.8 Å². The summed E-state index contributed by atoms with van der Waals surface area (Å²) in [5.74, 6) is 0.0763. The SMILES string of the molecule is COc1ccc([Si](C)(C)[C@@H]2[C@@H](CC(=O)N(CCO)Cc3ccccc3)O[C@]3(C(=O)N(Cc4ccccc4)c4ccc(N5C(=O)CCc6ccccc65)cc43)[C@H]2C)cc1. The number of aryl methyl sites for hydroxylation is 1. The highest BCUT2D eigenvalue weighted by Crippen LogP contribution is 2.61. The number of amides is 3. The van der Waals surface area contributed by atoms with Crippen molar-refractivity contribution >= 4 is 48.0 Å². The van der Waals surface area contributed by atoms with Gasteiger partial charge in [0.15, 0.2) is 5.60 Å². The minimum Gasteiger partial charge on any atom is -0.497 e. The van der Waals surface area contributed by atoms with E-state index in [1.807, 2.05) is 114 Å². The number of nitrogens with zero attached hydrogens (tertiary/aromatic N) is 3. The molecule has 1 N–H and O–H groups in total. The maximum Gasteiger partial charge on any atom is 0.264 e. The maximum atomic E-state index is 15.5. The van der Waals surface area contributed by atoms with Crippen molar-refractivity contribution in [1.82, 2.24) is 4.90 Å². The Balaban J connectivity index is 1.26. The summed E-state index contributed by atoms with van der Waals surface area (Å²) in [6.07, 6.45) is 0.462. The Hall–Kier alpha value is -5.55. The van der Waals surface area contributed by atoms with Crippen molar-refractivity contribution in [2.45, 2.75) is 69.6 Å². The molecule has 1 spiro atoms. The topological polar surface area (TPSA) is 99.6 Å². The molecule has 8 rings (SSSR count). The van der Waals surface area contributed by atoms with Crippen LogP contribution in [0.3, 0.4) is 0 Å². The van der Waals surface area contributed by atoms with Crippen LogP contribution in [-0.2, 0) is 44.2 Å². The average Bonchev–Trinajstić information content (AvgIpc) is 3.66. The number of fused-ring (bicyclic) bond motifs is 3. The van der Waals surface area contributed by atoms with Crippen LogP contribution in [0.1, 0.15) is 42.0 Å². The summed E-state index contributed by atoms with van der Waals surface area (Å²) in [6, 6.07) is 41.7. The minimum atomic E-state index is -2.58. The zero-order chi connectivity index (χ0) is 40.6. The van der Waals surface area contributed by atoms with E-state index in [0.29, 0.717) is 37.2 Å². The van der Waals surface area contributed by atoms with Crippen LogP contribution in [-0.4, -0.2) is 62.2 Å². The number of carbonyl (C=O) groups excluding carboxylic acids is 3. The molecule has 0 bridgehead atoms. The normalized spacial score (nSPS) is 21.3. The summed E-state index contributed by atoms with van der Waals surface area (Å²) < 4.78 is 12.9. The first kappa shape index (κ1) is 39.3. The van der Waals surface area contributed by atoms with Crippen LogP contribution < -0.4 is 19.7 Å². The molecule has 0 aromatic heterocycles. The number of rotatable bonds is 12. The van der Waals surface area contributed by atoms with Crippen molar-refractivity contribution in [3.8, 4) is 5.75 Å². The highest BCUT2D eigenvalue weighted by molar-refractivity contribution is 6.91. The molecular weight excluding hydrogens is 743 g/mol. The van der Waals surface area contributed by atoms with E-state index in [4.69, 9.17) is 9.47 Å². The van der Waals surface area contributed by atoms with E-state index >= 15 is 4.79 Å². The fourth-order valence-electron chi connectivity index (χ4n) is 9.79. The molecule has 3 heterocycles. The Morgan fingerprint density at radius 3 is 2.22 bits per heavy atom. The van der Waals surface area contributed by atoms with Crippen LogP contribution in [0.4, 0.5) is 17.1 Å². The lowest BCUT2D eigenvalue weighted by Gasteiger charge is -2.37. The van der Waals surface area contributed by atoms with Crippen molar-refractivity contribution < 1.29 is 29.0 Å². The standard InChI is InChI=1S/C48H51N3O6Si/c1-33-46(58(3,4)39-23-21-38(56-2)22-24-39)43(30-45(54)49(27-28-52)31-34-13-7-5-8-14-34)57-48(33)40-29-37(51-41-18-12-11-17-36(41)19-26-44(51)53)20-25-42(40)50(47(48)55)32-35-15-9-6-10-16-35/h5-18,20-25,29,33,43,46,52H,19,26-28,30-32H2,1-4H3/t33-,43+,46-,48+/m0/s1. The molecular formula is C48H51N3O6Si. The number of anilines is 3. The zero-order valence-electron chi connectivity index (χ0n) is 33.6. The van der Waals surface area contributed by atoms with Gasteiger partial charge in [0.05, 0.1) is 52.2 Å². The largest absolute Gasteiger partial charge is 0.497 e. The summed E-state index contributed by atoms with van der Waals surface area (Å²) in [7, 11) is -0.932. The van der Waals surface area contributed by atoms with Gasteiger partial charge in [-0.2, -0.15) is 0 Å². The van der Waals surface area contributed by atoms with Crippen LogP contribution in [0.15, 0.2) is 127 Å². The molecule has 298 valence electrons. The van der Waals surface area contributed by atoms with Crippen LogP contribution in [0.2, 0.25) is 18.6 Å². The second-order valence-electron chi connectivity index (χ2n) is 16.3. The molecule has 4 atom stereocenters. The van der Waals surface area contributed by atoms with E-state index in [2.05, 4.69) is 38.2 Å². The monoisotopic (exact) mass is 793 g/mol. The first-order valence-electron chi connectivity index (χ1n) is 20.2. The Bertz CT molecular complexity index is 2300. The average molecular weight is 794 g/mol. The third-order valence-electron chi connectivity index (χ3n) is 12.7. The van der Waals surface area contributed by atoms with Gasteiger partial charge in [0.2, 0.25) is 11.8 Å². The van der Waals surface area contributed by atoms with E-state index in [1.54, 1.807) is 16.9 Å². The number of carbonyl (C=O) groups is 3. The molecule has 9 nitrogen and oxygen atoms in total. The lowest BCUT2D eigenvalue weighted by atomic mass is 9.82. The van der Waals surface area contributed by atoms with Crippen LogP contribution in [0.5, 0.6) is 5.75 Å². The molecule has 1 saturated heterocycles. The number of hydrogen-bond acceptors (Lipinski definition) is 6. The Morgan fingerprint density at radius 1 is 0.862 bits per heavy atom. The van der Waals surface area contributed by atoms with Gasteiger partial charge >= 0.3 is 0 Å². The van der Waals surface area contributed by atoms with E-state index in [0.717, 1.165) is 39.0 Å². The van der Waals surface area contributed by atoms with Crippen molar-refractivity contribution in [3.05, 3.63) is 150 Å². The fraction of sp³-hybridized carbons (Fsp3) is 0.312. The first-order chi connectivity index (χ1) is 28.1.